The van der Waals surface area contributed by atoms with Crippen LogP contribution >= 0.6 is 0 Å². The fourth-order valence-electron chi connectivity index (χ4n) is 4.43. The van der Waals surface area contributed by atoms with Gasteiger partial charge in [0.05, 0.1) is 35.5 Å². The zero-order valence-electron chi connectivity index (χ0n) is 26.1. The van der Waals surface area contributed by atoms with Crippen molar-refractivity contribution in [2.24, 2.45) is 0 Å². The van der Waals surface area contributed by atoms with Crippen LogP contribution in [0.25, 0.3) is 12.2 Å². The first kappa shape index (κ1) is 32.9. The first-order valence-electron chi connectivity index (χ1n) is 14.0. The first-order valence-corrected chi connectivity index (χ1v) is 14.0. The molecule has 2 N–H and O–H groups in total. The number of nitrogens with one attached hydrogen (secondary N) is 2. The van der Waals surface area contributed by atoms with Crippen molar-refractivity contribution in [3.05, 3.63) is 119 Å². The van der Waals surface area contributed by atoms with Crippen molar-refractivity contribution in [1.82, 2.24) is 5.32 Å². The maximum atomic E-state index is 13.5. The van der Waals surface area contributed by atoms with Gasteiger partial charge in [-0.2, -0.15) is 0 Å². The van der Waals surface area contributed by atoms with E-state index in [-0.39, 0.29) is 11.5 Å². The molecule has 0 atom stereocenters. The lowest BCUT2D eigenvalue weighted by atomic mass is 10.1. The molecule has 10 nitrogen and oxygen atoms in total. The van der Waals surface area contributed by atoms with Gasteiger partial charge in [0.2, 0.25) is 5.75 Å². The molecule has 4 aromatic carbocycles. The minimum absolute atomic E-state index is 0.0420. The van der Waals surface area contributed by atoms with E-state index in [1.165, 1.54) is 33.5 Å². The predicted molar refractivity (Wildman–Crippen MR) is 176 cm³/mol. The predicted octanol–water partition coefficient (Wildman–Crippen LogP) is 6.04. The summed E-state index contributed by atoms with van der Waals surface area (Å²) >= 11 is 0. The molecule has 4 rings (SSSR count). The summed E-state index contributed by atoms with van der Waals surface area (Å²) in [6, 6.07) is 23.5. The van der Waals surface area contributed by atoms with E-state index < -0.39 is 11.8 Å². The van der Waals surface area contributed by atoms with Crippen LogP contribution in [0, 0.1) is 0 Å². The van der Waals surface area contributed by atoms with E-state index in [2.05, 4.69) is 10.6 Å². The van der Waals surface area contributed by atoms with Crippen LogP contribution in [0.3, 0.4) is 0 Å². The molecular weight excluding hydrogens is 588 g/mol. The Morgan fingerprint density at radius 1 is 0.652 bits per heavy atom. The van der Waals surface area contributed by atoms with Gasteiger partial charge in [-0.15, -0.1) is 0 Å². The number of anilines is 1. The molecule has 0 radical (unpaired) electrons. The van der Waals surface area contributed by atoms with Crippen LogP contribution < -0.4 is 34.3 Å². The first-order chi connectivity index (χ1) is 22.3. The minimum atomic E-state index is -0.594. The van der Waals surface area contributed by atoms with Gasteiger partial charge in [0.15, 0.2) is 17.3 Å². The van der Waals surface area contributed by atoms with Crippen LogP contribution in [-0.4, -0.2) is 53.1 Å². The van der Waals surface area contributed by atoms with E-state index in [1.54, 1.807) is 105 Å². The second-order valence-corrected chi connectivity index (χ2v) is 9.67. The molecule has 0 aliphatic heterocycles. The van der Waals surface area contributed by atoms with Gasteiger partial charge in [-0.3, -0.25) is 14.4 Å². The smallest absolute Gasteiger partial charge is 0.272 e. The Hall–Kier alpha value is -6.03. The highest BCUT2D eigenvalue weighted by molar-refractivity contribution is 6.11. The minimum Gasteiger partial charge on any atom is -0.497 e. The molecule has 0 saturated carbocycles. The largest absolute Gasteiger partial charge is 0.497 e. The summed E-state index contributed by atoms with van der Waals surface area (Å²) in [4.78, 5) is 39.4. The van der Waals surface area contributed by atoms with Gasteiger partial charge in [0.25, 0.3) is 11.8 Å². The summed E-state index contributed by atoms with van der Waals surface area (Å²) in [6.45, 7) is 0. The van der Waals surface area contributed by atoms with Crippen molar-refractivity contribution in [2.45, 2.75) is 0 Å². The lowest BCUT2D eigenvalue weighted by molar-refractivity contribution is -0.113. The highest BCUT2D eigenvalue weighted by atomic mass is 16.5. The van der Waals surface area contributed by atoms with Gasteiger partial charge < -0.3 is 34.3 Å². The third-order valence-electron chi connectivity index (χ3n) is 6.81. The third-order valence-corrected chi connectivity index (χ3v) is 6.81. The fraction of sp³-hybridized carbons (Fsp3) is 0.139. The van der Waals surface area contributed by atoms with E-state index in [0.29, 0.717) is 56.7 Å². The van der Waals surface area contributed by atoms with Crippen LogP contribution in [0.15, 0.2) is 96.7 Å². The summed E-state index contributed by atoms with van der Waals surface area (Å²) < 4.78 is 26.9. The maximum absolute atomic E-state index is 13.5. The zero-order valence-corrected chi connectivity index (χ0v) is 26.1. The van der Waals surface area contributed by atoms with Crippen LogP contribution in [-0.2, 0) is 4.79 Å². The van der Waals surface area contributed by atoms with E-state index >= 15 is 0 Å². The summed E-state index contributed by atoms with van der Waals surface area (Å²) in [5.74, 6) is 1.03. The Bertz CT molecular complexity index is 1740. The number of hydrogen-bond acceptors (Lipinski definition) is 8. The van der Waals surface area contributed by atoms with E-state index in [4.69, 9.17) is 23.7 Å². The molecular formula is C36H34N2O8. The van der Waals surface area contributed by atoms with Gasteiger partial charge in [-0.1, -0.05) is 18.2 Å². The highest BCUT2D eigenvalue weighted by Crippen LogP contribution is 2.38. The molecule has 0 bridgehead atoms. The SMILES string of the molecule is COc1ccc(/C=C/C(=O)c2ccc(NC(=O)/C(=C/c3cc(OC)c(OC)c(OC)c3)NC(=O)c3ccccc3)cc2)c(OC)c1. The van der Waals surface area contributed by atoms with Gasteiger partial charge in [0, 0.05) is 28.4 Å². The van der Waals surface area contributed by atoms with E-state index in [0.717, 1.165) is 0 Å². The number of rotatable bonds is 13. The molecule has 4 aromatic rings. The van der Waals surface area contributed by atoms with Gasteiger partial charge in [0.1, 0.15) is 17.2 Å². The number of carbonyl (C=O) groups excluding carboxylic acids is 3. The molecule has 2 amide bonds. The number of allylic oxidation sites excluding steroid dienone is 1. The fourth-order valence-corrected chi connectivity index (χ4v) is 4.43. The standard InChI is InChI=1S/C36H34N2O8/c1-42-28-17-13-25(31(22-28)43-2)14-18-30(39)24-11-15-27(16-12-24)37-36(41)29(38-35(40)26-9-7-6-8-10-26)19-23-20-32(44-3)34(46-5)33(21-23)45-4/h6-22H,1-5H3,(H,37,41)(H,38,40)/b18-14+,29-19-. The quantitative estimate of drug-likeness (QED) is 0.137. The Morgan fingerprint density at radius 2 is 1.30 bits per heavy atom. The number of amides is 2. The molecule has 0 aliphatic carbocycles. The Kier molecular flexibility index (Phi) is 11.2. The average molecular weight is 623 g/mol. The van der Waals surface area contributed by atoms with Crippen molar-refractivity contribution >= 4 is 35.4 Å². The summed E-state index contributed by atoms with van der Waals surface area (Å²) in [5.41, 5.74) is 2.37. The van der Waals surface area contributed by atoms with Gasteiger partial charge in [-0.25, -0.2) is 0 Å². The molecule has 0 aliphatic rings. The van der Waals surface area contributed by atoms with E-state index in [1.807, 2.05) is 0 Å². The topological polar surface area (TPSA) is 121 Å². The zero-order chi connectivity index (χ0) is 33.1. The number of hydrogen-bond donors (Lipinski definition) is 2. The normalized spacial score (nSPS) is 11.0. The number of carbonyl (C=O) groups is 3. The highest BCUT2D eigenvalue weighted by Gasteiger charge is 2.18. The number of ketones is 1. The average Bonchev–Trinajstić information content (AvgIpc) is 3.10. The summed E-state index contributed by atoms with van der Waals surface area (Å²) in [5, 5.41) is 5.48. The van der Waals surface area contributed by atoms with Gasteiger partial charge in [-0.05, 0) is 84.5 Å². The molecule has 0 unspecified atom stereocenters. The summed E-state index contributed by atoms with van der Waals surface area (Å²) in [7, 11) is 7.56. The molecule has 0 saturated heterocycles. The molecule has 236 valence electrons. The van der Waals surface area contributed by atoms with Crippen molar-refractivity contribution in [1.29, 1.82) is 0 Å². The molecule has 0 aromatic heterocycles. The van der Waals surface area contributed by atoms with Crippen molar-refractivity contribution in [3.8, 4) is 28.7 Å². The van der Waals surface area contributed by atoms with Crippen molar-refractivity contribution in [3.63, 3.8) is 0 Å². The van der Waals surface area contributed by atoms with Crippen molar-refractivity contribution < 1.29 is 38.1 Å². The molecule has 0 spiro atoms. The van der Waals surface area contributed by atoms with E-state index in [9.17, 15) is 14.4 Å². The number of methoxy groups -OCH3 is 5. The molecule has 46 heavy (non-hydrogen) atoms. The Labute approximate surface area is 267 Å². The lowest BCUT2D eigenvalue weighted by Gasteiger charge is -2.14. The Morgan fingerprint density at radius 3 is 1.89 bits per heavy atom. The molecule has 0 fully saturated rings. The second kappa shape index (κ2) is 15.6. The third kappa shape index (κ3) is 8.11. The monoisotopic (exact) mass is 622 g/mol. The van der Waals surface area contributed by atoms with Crippen LogP contribution in [0.2, 0.25) is 0 Å². The van der Waals surface area contributed by atoms with Gasteiger partial charge >= 0.3 is 0 Å². The molecule has 10 heteroatoms. The maximum Gasteiger partial charge on any atom is 0.272 e. The van der Waals surface area contributed by atoms with Crippen LogP contribution in [0.5, 0.6) is 28.7 Å². The van der Waals surface area contributed by atoms with Crippen LogP contribution in [0.1, 0.15) is 31.8 Å². The van der Waals surface area contributed by atoms with Crippen molar-refractivity contribution in [2.75, 3.05) is 40.9 Å². The number of ether oxygens (including phenoxy) is 5. The summed E-state index contributed by atoms with van der Waals surface area (Å²) in [6.07, 6.45) is 4.60. The number of benzene rings is 4. The Balaban J connectivity index is 1.57. The molecule has 0 heterocycles. The lowest BCUT2D eigenvalue weighted by Crippen LogP contribution is -2.30. The second-order valence-electron chi connectivity index (χ2n) is 9.67. The van der Waals surface area contributed by atoms with Crippen LogP contribution in [0.4, 0.5) is 5.69 Å².